The van der Waals surface area contributed by atoms with Gasteiger partial charge in [-0.1, -0.05) is 48.5 Å². The van der Waals surface area contributed by atoms with E-state index < -0.39 is 16.6 Å². The van der Waals surface area contributed by atoms with Gasteiger partial charge >= 0.3 is 0 Å². The molecule has 7 nitrogen and oxygen atoms in total. The Bertz CT molecular complexity index is 1610. The van der Waals surface area contributed by atoms with Crippen molar-refractivity contribution in [3.63, 3.8) is 0 Å². The molecular formula is C25H14BrN3O4S. The van der Waals surface area contributed by atoms with Gasteiger partial charge < -0.3 is 5.11 Å². The number of hydrogen-bond acceptors (Lipinski definition) is 6. The number of pyridine rings is 1. The molecular weight excluding hydrogens is 518 g/mol. The molecule has 5 rings (SSSR count). The Morgan fingerprint density at radius 1 is 0.912 bits per heavy atom. The van der Waals surface area contributed by atoms with Gasteiger partial charge in [0.05, 0.1) is 14.8 Å². The second-order valence-electron chi connectivity index (χ2n) is 7.37. The summed E-state index contributed by atoms with van der Waals surface area (Å²) < 4.78 is 2.50. The molecule has 0 saturated heterocycles. The second kappa shape index (κ2) is 8.77. The van der Waals surface area contributed by atoms with Crippen LogP contribution in [0.1, 0.15) is 21.6 Å². The number of fused-ring (bicyclic) bond motifs is 3. The summed E-state index contributed by atoms with van der Waals surface area (Å²) in [5, 5.41) is 26.0. The highest BCUT2D eigenvalue weighted by Crippen LogP contribution is 2.35. The van der Waals surface area contributed by atoms with Crippen molar-refractivity contribution in [1.82, 2.24) is 0 Å². The number of aromatic nitrogens is 1. The summed E-state index contributed by atoms with van der Waals surface area (Å²) in [7, 11) is 0. The zero-order valence-electron chi connectivity index (χ0n) is 17.3. The summed E-state index contributed by atoms with van der Waals surface area (Å²) in [5.74, 6) is -0.859. The third-order valence-electron chi connectivity index (χ3n) is 5.29. The van der Waals surface area contributed by atoms with Crippen LogP contribution in [0.4, 0.5) is 10.7 Å². The maximum atomic E-state index is 13.6. The normalized spacial score (nSPS) is 11.7. The molecule has 2 aromatic heterocycles. The van der Waals surface area contributed by atoms with Gasteiger partial charge in [0.1, 0.15) is 0 Å². The molecule has 0 fully saturated rings. The molecule has 34 heavy (non-hydrogen) atoms. The molecule has 0 bridgehead atoms. The first-order valence-electron chi connectivity index (χ1n) is 10.1. The Hall–Kier alpha value is -3.95. The predicted molar refractivity (Wildman–Crippen MR) is 132 cm³/mol. The quantitative estimate of drug-likeness (QED) is 0.0796. The Labute approximate surface area is 205 Å². The second-order valence-corrected chi connectivity index (χ2v) is 9.20. The van der Waals surface area contributed by atoms with Gasteiger partial charge in [-0.15, -0.1) is 4.40 Å². The highest BCUT2D eigenvalue weighted by atomic mass is 79.9. The number of carbonyl (C=O) groups excluding carboxylic acids is 1. The van der Waals surface area contributed by atoms with Crippen LogP contribution in [0, 0.1) is 10.1 Å². The number of rotatable bonds is 5. The topological polar surface area (TPSA) is 99.7 Å². The average Bonchev–Trinajstić information content (AvgIpc) is 3.22. The van der Waals surface area contributed by atoms with Crippen LogP contribution in [0.2, 0.25) is 0 Å². The fourth-order valence-corrected chi connectivity index (χ4v) is 5.33. The molecule has 3 aromatic carbocycles. The van der Waals surface area contributed by atoms with Crippen molar-refractivity contribution >= 4 is 65.2 Å². The maximum absolute atomic E-state index is 13.6. The van der Waals surface area contributed by atoms with E-state index in [0.717, 1.165) is 20.1 Å². The van der Waals surface area contributed by atoms with Crippen molar-refractivity contribution in [3.8, 4) is 0 Å². The van der Waals surface area contributed by atoms with Crippen molar-refractivity contribution in [2.75, 3.05) is 0 Å². The standard InChI is InChI=1S/C25H14BrN3O4S/c26-20-14-28-21(22(30)15-10-12-17(13-11-15)29(32)33)24(27-23(31)16-6-2-1-3-7-16)34-25(28)19-9-5-4-8-18(19)20/h1-14H. The van der Waals surface area contributed by atoms with Gasteiger partial charge in [0.2, 0.25) is 0 Å². The van der Waals surface area contributed by atoms with Gasteiger partial charge in [-0.05, 0) is 56.9 Å². The lowest BCUT2D eigenvalue weighted by molar-refractivity contribution is -0.508. The minimum atomic E-state index is -0.522. The van der Waals surface area contributed by atoms with E-state index in [0.29, 0.717) is 5.56 Å². The van der Waals surface area contributed by atoms with Crippen molar-refractivity contribution in [2.45, 2.75) is 0 Å². The molecule has 9 heteroatoms. The molecule has 0 radical (unpaired) electrons. The fourth-order valence-electron chi connectivity index (χ4n) is 3.65. The number of carbonyl (C=O) groups is 1. The molecule has 0 atom stereocenters. The van der Waals surface area contributed by atoms with E-state index in [1.165, 1.54) is 35.6 Å². The smallest absolute Gasteiger partial charge is 0.296 e. The summed E-state index contributed by atoms with van der Waals surface area (Å²) in [6, 6.07) is 21.7. The zero-order chi connectivity index (χ0) is 23.8. The Morgan fingerprint density at radius 3 is 2.24 bits per heavy atom. The number of nitro groups is 1. The highest BCUT2D eigenvalue weighted by molar-refractivity contribution is 9.10. The molecule has 5 aromatic rings. The number of halogens is 1. The molecule has 0 N–H and O–H groups in total. The summed E-state index contributed by atoms with van der Waals surface area (Å²) in [6.07, 6.45) is 1.78. The van der Waals surface area contributed by atoms with E-state index in [-0.39, 0.29) is 21.9 Å². The SMILES string of the molecule is O=C(c1ccc([N+](=O)[O-])cc1)c1c(/N=C(\[O-])c2ccccc2)sc2c3ccccc3c(Br)c[n+]12. The van der Waals surface area contributed by atoms with Gasteiger partial charge in [-0.2, -0.15) is 0 Å². The van der Waals surface area contributed by atoms with Crippen LogP contribution in [0.3, 0.4) is 0 Å². The van der Waals surface area contributed by atoms with E-state index in [1.807, 2.05) is 24.3 Å². The number of nitro benzene ring substituents is 1. The number of aliphatic imine (C=N–C) groups is 1. The lowest BCUT2D eigenvalue weighted by Gasteiger charge is -2.09. The van der Waals surface area contributed by atoms with E-state index in [1.54, 1.807) is 40.9 Å². The summed E-state index contributed by atoms with van der Waals surface area (Å²) in [6.45, 7) is 0. The van der Waals surface area contributed by atoms with Crippen LogP contribution < -0.4 is 9.51 Å². The first kappa shape index (κ1) is 21.9. The maximum Gasteiger partial charge on any atom is 0.296 e. The number of non-ortho nitro benzene ring substituents is 1. The van der Waals surface area contributed by atoms with Gasteiger partial charge in [0.15, 0.2) is 11.2 Å². The van der Waals surface area contributed by atoms with E-state index in [2.05, 4.69) is 20.9 Å². The number of ketones is 1. The molecule has 0 saturated carbocycles. The van der Waals surface area contributed by atoms with Crippen LogP contribution in [-0.4, -0.2) is 16.6 Å². The third-order valence-corrected chi connectivity index (χ3v) is 7.01. The van der Waals surface area contributed by atoms with Crippen LogP contribution >= 0.6 is 27.3 Å². The van der Waals surface area contributed by atoms with Crippen molar-refractivity contribution < 1.29 is 19.2 Å². The molecule has 0 amide bonds. The van der Waals surface area contributed by atoms with Crippen LogP contribution in [0.5, 0.6) is 0 Å². The molecule has 0 unspecified atom stereocenters. The van der Waals surface area contributed by atoms with E-state index in [4.69, 9.17) is 0 Å². The van der Waals surface area contributed by atoms with Gasteiger partial charge in [0.25, 0.3) is 22.0 Å². The lowest BCUT2D eigenvalue weighted by atomic mass is 10.1. The molecule has 0 aliphatic heterocycles. The van der Waals surface area contributed by atoms with Crippen LogP contribution in [-0.2, 0) is 0 Å². The zero-order valence-corrected chi connectivity index (χ0v) is 19.7. The number of nitrogens with zero attached hydrogens (tertiary/aromatic N) is 3. The summed E-state index contributed by atoms with van der Waals surface area (Å²) in [5.41, 5.74) is 0.761. The van der Waals surface area contributed by atoms with Gasteiger partial charge in [-0.3, -0.25) is 14.9 Å². The molecule has 2 heterocycles. The Morgan fingerprint density at radius 2 is 1.56 bits per heavy atom. The minimum Gasteiger partial charge on any atom is -0.858 e. The third kappa shape index (κ3) is 3.85. The number of benzene rings is 3. The van der Waals surface area contributed by atoms with E-state index in [9.17, 15) is 20.0 Å². The summed E-state index contributed by atoms with van der Waals surface area (Å²) >= 11 is 4.82. The van der Waals surface area contributed by atoms with Gasteiger partial charge in [0, 0.05) is 23.1 Å². The molecule has 166 valence electrons. The first-order chi connectivity index (χ1) is 16.4. The van der Waals surface area contributed by atoms with Gasteiger partial charge in [-0.25, -0.2) is 4.99 Å². The average molecular weight is 532 g/mol. The highest BCUT2D eigenvalue weighted by Gasteiger charge is 2.31. The monoisotopic (exact) mass is 531 g/mol. The number of hydrogen-bond donors (Lipinski definition) is 0. The Kier molecular flexibility index (Phi) is 5.64. The van der Waals surface area contributed by atoms with E-state index >= 15 is 0 Å². The lowest BCUT2D eigenvalue weighted by Crippen LogP contribution is -2.28. The molecule has 0 spiro atoms. The number of thiazole rings is 1. The fraction of sp³-hybridized carbons (Fsp3) is 0. The van der Waals surface area contributed by atoms with Crippen molar-refractivity contribution in [1.29, 1.82) is 0 Å². The minimum absolute atomic E-state index is 0.114. The largest absolute Gasteiger partial charge is 0.858 e. The summed E-state index contributed by atoms with van der Waals surface area (Å²) in [4.78, 5) is 29.2. The van der Waals surface area contributed by atoms with Crippen molar-refractivity contribution in [3.05, 3.63) is 116 Å². The Balaban J connectivity index is 1.76. The molecule has 0 aliphatic rings. The first-order valence-corrected chi connectivity index (χ1v) is 11.7. The van der Waals surface area contributed by atoms with Crippen LogP contribution in [0.15, 0.2) is 94.5 Å². The predicted octanol–water partition coefficient (Wildman–Crippen LogP) is 4.98. The van der Waals surface area contributed by atoms with Crippen LogP contribution in [0.25, 0.3) is 15.6 Å². The molecule has 0 aliphatic carbocycles. The van der Waals surface area contributed by atoms with Crippen molar-refractivity contribution in [2.24, 2.45) is 4.99 Å².